The Labute approximate surface area is 179 Å². The van der Waals surface area contributed by atoms with Crippen LogP contribution < -0.4 is 0 Å². The molecular weight excluding hydrogens is 400 g/mol. The molecule has 0 unspecified atom stereocenters. The number of amidine groups is 1. The van der Waals surface area contributed by atoms with Crippen LogP contribution in [0.15, 0.2) is 51.9 Å². The normalized spacial score (nSPS) is 21.5. The van der Waals surface area contributed by atoms with E-state index in [9.17, 15) is 4.79 Å². The van der Waals surface area contributed by atoms with Gasteiger partial charge in [0.15, 0.2) is 5.17 Å². The van der Waals surface area contributed by atoms with Crippen LogP contribution in [0.3, 0.4) is 0 Å². The minimum absolute atomic E-state index is 0.0581. The Morgan fingerprint density at radius 3 is 2.62 bits per heavy atom. The van der Waals surface area contributed by atoms with Crippen molar-refractivity contribution in [1.82, 2.24) is 15.1 Å². The van der Waals surface area contributed by atoms with E-state index in [1.54, 1.807) is 0 Å². The van der Waals surface area contributed by atoms with Gasteiger partial charge in [-0.25, -0.2) is 0 Å². The van der Waals surface area contributed by atoms with Gasteiger partial charge in [-0.15, -0.1) is 10.2 Å². The summed E-state index contributed by atoms with van der Waals surface area (Å²) in [5.74, 6) is 0.0581. The summed E-state index contributed by atoms with van der Waals surface area (Å²) in [5, 5.41) is 10.4. The van der Waals surface area contributed by atoms with Crippen molar-refractivity contribution in [2.45, 2.75) is 52.0 Å². The van der Waals surface area contributed by atoms with Crippen LogP contribution in [-0.4, -0.2) is 32.2 Å². The quantitative estimate of drug-likeness (QED) is 0.588. The van der Waals surface area contributed by atoms with E-state index < -0.39 is 0 Å². The Morgan fingerprint density at radius 1 is 1.17 bits per heavy atom. The summed E-state index contributed by atoms with van der Waals surface area (Å²) in [5.41, 5.74) is 2.17. The van der Waals surface area contributed by atoms with E-state index in [0.717, 1.165) is 51.9 Å². The summed E-state index contributed by atoms with van der Waals surface area (Å²) in [4.78, 5) is 20.6. The molecule has 1 saturated carbocycles. The van der Waals surface area contributed by atoms with Crippen molar-refractivity contribution in [3.8, 4) is 0 Å². The van der Waals surface area contributed by atoms with Gasteiger partial charge >= 0.3 is 0 Å². The number of carbonyl (C=O) groups excluding carboxylic acids is 1. The molecule has 29 heavy (non-hydrogen) atoms. The number of rotatable bonds is 4. The van der Waals surface area contributed by atoms with E-state index in [2.05, 4.69) is 28.4 Å². The summed E-state index contributed by atoms with van der Waals surface area (Å²) in [6.07, 6.45) is 9.71. The molecule has 1 aliphatic carbocycles. The van der Waals surface area contributed by atoms with E-state index in [1.165, 1.54) is 29.5 Å². The minimum atomic E-state index is 0.0581. The van der Waals surface area contributed by atoms with Crippen molar-refractivity contribution in [3.05, 3.63) is 57.5 Å². The zero-order valence-electron chi connectivity index (χ0n) is 16.7. The van der Waals surface area contributed by atoms with Gasteiger partial charge in [0.2, 0.25) is 5.13 Å². The first-order valence-electron chi connectivity index (χ1n) is 9.95. The van der Waals surface area contributed by atoms with Crippen LogP contribution in [-0.2, 0) is 4.79 Å². The zero-order valence-corrected chi connectivity index (χ0v) is 18.3. The molecule has 0 bridgehead atoms. The minimum Gasteiger partial charge on any atom is -0.283 e. The first-order valence-corrected chi connectivity index (χ1v) is 11.6. The van der Waals surface area contributed by atoms with E-state index in [4.69, 9.17) is 4.99 Å². The molecule has 2 aromatic rings. The topological polar surface area (TPSA) is 58.5 Å². The highest BCUT2D eigenvalue weighted by atomic mass is 32.2. The molecule has 0 atom stereocenters. The highest BCUT2D eigenvalue weighted by molar-refractivity contribution is 8.18. The lowest BCUT2D eigenvalue weighted by molar-refractivity contribution is -0.124. The predicted molar refractivity (Wildman–Crippen MR) is 121 cm³/mol. The maximum absolute atomic E-state index is 13.3. The third-order valence-electron chi connectivity index (χ3n) is 5.04. The summed E-state index contributed by atoms with van der Waals surface area (Å²) in [7, 11) is 0. The van der Waals surface area contributed by atoms with Gasteiger partial charge in [0.25, 0.3) is 5.91 Å². The largest absolute Gasteiger partial charge is 0.283 e. The summed E-state index contributed by atoms with van der Waals surface area (Å²) >= 11 is 2.90. The number of carbonyl (C=O) groups is 1. The third kappa shape index (κ3) is 4.85. The lowest BCUT2D eigenvalue weighted by Gasteiger charge is -2.30. The number of hydrogen-bond donors (Lipinski definition) is 0. The number of aryl methyl sites for hydroxylation is 1. The molecule has 5 nitrogen and oxygen atoms in total. The van der Waals surface area contributed by atoms with Crippen LogP contribution in [0.25, 0.3) is 6.08 Å². The second-order valence-corrected chi connectivity index (χ2v) is 9.54. The number of aliphatic imine (C=N–C) groups is 1. The van der Waals surface area contributed by atoms with E-state index in [1.807, 2.05) is 43.0 Å². The fourth-order valence-corrected chi connectivity index (χ4v) is 5.41. The second-order valence-electron chi connectivity index (χ2n) is 7.37. The SMILES string of the molecule is CC(/C=C1\S/C(=N/c2nnc(C)s2)N(C2CCCCC2)C1=O)=C\c1ccccc1. The smallest absolute Gasteiger partial charge is 0.266 e. The average Bonchev–Trinajstić information content (AvgIpc) is 3.26. The van der Waals surface area contributed by atoms with Crippen LogP contribution >= 0.6 is 23.1 Å². The molecule has 1 amide bonds. The number of hydrogen-bond acceptors (Lipinski definition) is 6. The maximum Gasteiger partial charge on any atom is 0.266 e. The van der Waals surface area contributed by atoms with Crippen LogP contribution in [0.1, 0.15) is 49.6 Å². The molecule has 1 aromatic carbocycles. The molecular formula is C22H24N4OS2. The fraction of sp³-hybridized carbons (Fsp3) is 0.364. The lowest BCUT2D eigenvalue weighted by atomic mass is 9.94. The predicted octanol–water partition coefficient (Wildman–Crippen LogP) is 5.73. The van der Waals surface area contributed by atoms with Gasteiger partial charge < -0.3 is 0 Å². The molecule has 2 fully saturated rings. The van der Waals surface area contributed by atoms with Crippen molar-refractivity contribution in [3.63, 3.8) is 0 Å². The summed E-state index contributed by atoms with van der Waals surface area (Å²) in [6, 6.07) is 10.4. The zero-order chi connectivity index (χ0) is 20.2. The summed E-state index contributed by atoms with van der Waals surface area (Å²) in [6.45, 7) is 3.94. The van der Waals surface area contributed by atoms with Gasteiger partial charge in [-0.3, -0.25) is 9.69 Å². The molecule has 0 spiro atoms. The number of nitrogens with zero attached hydrogens (tertiary/aromatic N) is 4. The first-order chi connectivity index (χ1) is 14.1. The molecule has 2 heterocycles. The lowest BCUT2D eigenvalue weighted by Crippen LogP contribution is -2.40. The van der Waals surface area contributed by atoms with Gasteiger partial charge in [0.1, 0.15) is 5.01 Å². The van der Waals surface area contributed by atoms with Gasteiger partial charge in [0.05, 0.1) is 4.91 Å². The third-order valence-corrected chi connectivity index (χ3v) is 6.75. The number of thioether (sulfide) groups is 1. The van der Waals surface area contributed by atoms with Gasteiger partial charge in [-0.1, -0.05) is 67.0 Å². The molecule has 1 saturated heterocycles. The highest BCUT2D eigenvalue weighted by Crippen LogP contribution is 2.38. The average molecular weight is 425 g/mol. The van der Waals surface area contributed by atoms with Crippen LogP contribution in [0.5, 0.6) is 0 Å². The molecule has 4 rings (SSSR count). The van der Waals surface area contributed by atoms with Crippen LogP contribution in [0.2, 0.25) is 0 Å². The number of amides is 1. The first kappa shape index (κ1) is 20.0. The molecule has 150 valence electrons. The van der Waals surface area contributed by atoms with Gasteiger partial charge in [0, 0.05) is 6.04 Å². The second kappa shape index (κ2) is 9.05. The van der Waals surface area contributed by atoms with Gasteiger partial charge in [-0.2, -0.15) is 4.99 Å². The molecule has 1 aromatic heterocycles. The molecule has 1 aliphatic heterocycles. The monoisotopic (exact) mass is 424 g/mol. The number of benzene rings is 1. The number of allylic oxidation sites excluding steroid dienone is 2. The Balaban J connectivity index is 1.64. The van der Waals surface area contributed by atoms with Gasteiger partial charge in [-0.05, 0) is 55.7 Å². The van der Waals surface area contributed by atoms with Crippen molar-refractivity contribution in [2.75, 3.05) is 0 Å². The van der Waals surface area contributed by atoms with Crippen molar-refractivity contribution >= 4 is 45.4 Å². The Hall–Kier alpha value is -2.25. The Bertz CT molecular complexity index is 972. The molecule has 7 heteroatoms. The fourth-order valence-electron chi connectivity index (χ4n) is 3.70. The molecule has 0 radical (unpaired) electrons. The summed E-state index contributed by atoms with van der Waals surface area (Å²) < 4.78 is 0. The Morgan fingerprint density at radius 2 is 1.93 bits per heavy atom. The number of aromatic nitrogens is 2. The van der Waals surface area contributed by atoms with E-state index in [0.29, 0.717) is 5.13 Å². The van der Waals surface area contributed by atoms with Crippen molar-refractivity contribution < 1.29 is 4.79 Å². The standard InChI is InChI=1S/C22H24N4OS2/c1-15(13-17-9-5-3-6-10-17)14-19-20(27)26(18-11-7-4-8-12-18)22(29-19)23-21-25-24-16(2)28-21/h3,5-6,9-10,13-14,18H,4,7-8,11-12H2,1-2H3/b15-13+,19-14-,23-22+. The molecule has 0 N–H and O–H groups in total. The van der Waals surface area contributed by atoms with E-state index >= 15 is 0 Å². The van der Waals surface area contributed by atoms with Crippen molar-refractivity contribution in [2.24, 2.45) is 4.99 Å². The van der Waals surface area contributed by atoms with Crippen LogP contribution in [0, 0.1) is 6.92 Å². The maximum atomic E-state index is 13.3. The van der Waals surface area contributed by atoms with Crippen LogP contribution in [0.4, 0.5) is 5.13 Å². The van der Waals surface area contributed by atoms with Crippen molar-refractivity contribution in [1.29, 1.82) is 0 Å². The van der Waals surface area contributed by atoms with E-state index in [-0.39, 0.29) is 11.9 Å². The molecule has 2 aliphatic rings. The highest BCUT2D eigenvalue weighted by Gasteiger charge is 2.38. The Kier molecular flexibility index (Phi) is 6.25.